The summed E-state index contributed by atoms with van der Waals surface area (Å²) in [5, 5.41) is 12.5. The number of benzene rings is 2. The number of ether oxygens (including phenoxy) is 1. The molecule has 5 nitrogen and oxygen atoms in total. The largest absolute Gasteiger partial charge is 0.490 e. The van der Waals surface area contributed by atoms with Gasteiger partial charge >= 0.3 is 0 Å². The van der Waals surface area contributed by atoms with Crippen LogP contribution in [-0.2, 0) is 4.79 Å². The van der Waals surface area contributed by atoms with Crippen molar-refractivity contribution in [2.45, 2.75) is 19.3 Å². The van der Waals surface area contributed by atoms with Crippen molar-refractivity contribution >= 4 is 41.0 Å². The number of hydrogen-bond acceptors (Lipinski definition) is 5. The van der Waals surface area contributed by atoms with Crippen LogP contribution in [0.5, 0.6) is 5.75 Å². The smallest absolute Gasteiger partial charge is 0.266 e. The Hall–Kier alpha value is -1.99. The summed E-state index contributed by atoms with van der Waals surface area (Å²) in [6, 6.07) is 11.3. The lowest BCUT2D eigenvalue weighted by Crippen LogP contribution is -2.40. The summed E-state index contributed by atoms with van der Waals surface area (Å²) in [6.45, 7) is 4.18. The highest BCUT2D eigenvalue weighted by atomic mass is 35.5. The van der Waals surface area contributed by atoms with Gasteiger partial charge in [0.2, 0.25) is 0 Å². The molecule has 148 valence electrons. The molecular formula is C21H23ClN2O3S. The topological polar surface area (TPSA) is 61.8 Å². The van der Waals surface area contributed by atoms with Crippen LogP contribution in [0.15, 0.2) is 41.3 Å². The zero-order valence-corrected chi connectivity index (χ0v) is 17.6. The predicted molar refractivity (Wildman–Crippen MR) is 116 cm³/mol. The van der Waals surface area contributed by atoms with Crippen LogP contribution in [-0.4, -0.2) is 36.8 Å². The van der Waals surface area contributed by atoms with Crippen molar-refractivity contribution in [2.75, 3.05) is 25.2 Å². The fourth-order valence-electron chi connectivity index (χ4n) is 3.00. The first-order valence-corrected chi connectivity index (χ1v) is 10.2. The molecule has 7 heteroatoms. The molecule has 2 N–H and O–H groups in total. The summed E-state index contributed by atoms with van der Waals surface area (Å²) in [7, 11) is 1.84. The van der Waals surface area contributed by atoms with Gasteiger partial charge in [0.15, 0.2) is 0 Å². The van der Waals surface area contributed by atoms with E-state index in [2.05, 4.69) is 5.32 Å². The van der Waals surface area contributed by atoms with E-state index in [0.717, 1.165) is 22.4 Å². The molecule has 0 aromatic heterocycles. The van der Waals surface area contributed by atoms with Crippen molar-refractivity contribution in [1.82, 2.24) is 5.32 Å². The highest BCUT2D eigenvalue weighted by molar-refractivity contribution is 8.05. The van der Waals surface area contributed by atoms with Crippen molar-refractivity contribution in [1.29, 1.82) is 0 Å². The Balaban J connectivity index is 1.90. The van der Waals surface area contributed by atoms with Gasteiger partial charge in [-0.25, -0.2) is 0 Å². The van der Waals surface area contributed by atoms with Crippen molar-refractivity contribution in [3.05, 3.63) is 63.0 Å². The normalized spacial score (nSPS) is 18.2. The number of carbonyl (C=O) groups is 1. The van der Waals surface area contributed by atoms with Crippen LogP contribution in [0.25, 0.3) is 6.08 Å². The first-order valence-electron chi connectivity index (χ1n) is 8.95. The number of halogens is 1. The van der Waals surface area contributed by atoms with Crippen molar-refractivity contribution < 1.29 is 14.6 Å². The van der Waals surface area contributed by atoms with E-state index in [4.69, 9.17) is 21.4 Å². The van der Waals surface area contributed by atoms with Gasteiger partial charge in [-0.15, -0.1) is 0 Å². The molecule has 0 aliphatic carbocycles. The number of nitrogens with zero attached hydrogens (tertiary/aromatic N) is 1. The van der Waals surface area contributed by atoms with Gasteiger partial charge in [-0.1, -0.05) is 41.6 Å². The summed E-state index contributed by atoms with van der Waals surface area (Å²) in [5.74, 6) is 0.461. The van der Waals surface area contributed by atoms with Crippen LogP contribution >= 0.6 is 23.4 Å². The lowest BCUT2D eigenvalue weighted by Gasteiger charge is -2.25. The number of hydrogen-bond donors (Lipinski definition) is 2. The molecule has 0 spiro atoms. The number of nitrogens with one attached hydrogen (secondary N) is 1. The first kappa shape index (κ1) is 20.7. The number of thioether (sulfide) groups is 1. The Bertz CT molecular complexity index is 917. The molecule has 0 saturated carbocycles. The number of aryl methyl sites for hydroxylation is 1. The summed E-state index contributed by atoms with van der Waals surface area (Å²) < 4.78 is 5.37. The van der Waals surface area contributed by atoms with Gasteiger partial charge in [-0.05, 0) is 61.9 Å². The summed E-state index contributed by atoms with van der Waals surface area (Å²) in [6.07, 6.45) is 1.84. The molecule has 1 unspecified atom stereocenters. The number of carbonyl (C=O) groups excluding carboxylic acids is 1. The Kier molecular flexibility index (Phi) is 6.67. The Morgan fingerprint density at radius 2 is 2.11 bits per heavy atom. The molecule has 1 atom stereocenters. The summed E-state index contributed by atoms with van der Waals surface area (Å²) in [4.78, 5) is 15.6. The lowest BCUT2D eigenvalue weighted by atomic mass is 10.1. The second-order valence-electron chi connectivity index (χ2n) is 6.42. The van der Waals surface area contributed by atoms with Crippen LogP contribution < -0.4 is 15.0 Å². The van der Waals surface area contributed by atoms with E-state index >= 15 is 0 Å². The van der Waals surface area contributed by atoms with Crippen LogP contribution in [0, 0.1) is 13.8 Å². The zero-order chi connectivity index (χ0) is 20.3. The standard InChI is InChI=1S/C21H23ClN2O3S/c1-13-5-4-6-17(14(13)2)24-20(26)19(28-21(24)23-3)12-15-7-8-18(16(22)11-15)27-10-9-25/h4-8,11-12,21,23,25H,9-10H2,1-3H3/b19-12-. The molecule has 1 fully saturated rings. The quantitative estimate of drug-likeness (QED) is 0.695. The third-order valence-electron chi connectivity index (χ3n) is 4.59. The Labute approximate surface area is 174 Å². The number of amides is 1. The van der Waals surface area contributed by atoms with E-state index in [0.29, 0.717) is 15.7 Å². The molecule has 0 bridgehead atoms. The average Bonchev–Trinajstić information content (AvgIpc) is 2.99. The molecule has 1 heterocycles. The molecule has 0 radical (unpaired) electrons. The number of rotatable bonds is 6. The van der Waals surface area contributed by atoms with Gasteiger partial charge in [0.1, 0.15) is 17.9 Å². The third-order valence-corrected chi connectivity index (χ3v) is 6.10. The monoisotopic (exact) mass is 418 g/mol. The van der Waals surface area contributed by atoms with Crippen molar-refractivity contribution in [2.24, 2.45) is 0 Å². The second kappa shape index (κ2) is 9.01. The van der Waals surface area contributed by atoms with Gasteiger partial charge in [0.05, 0.1) is 16.5 Å². The van der Waals surface area contributed by atoms with E-state index in [1.54, 1.807) is 17.0 Å². The molecule has 1 aliphatic rings. The average molecular weight is 419 g/mol. The second-order valence-corrected chi connectivity index (χ2v) is 7.95. The molecule has 28 heavy (non-hydrogen) atoms. The molecule has 2 aromatic rings. The van der Waals surface area contributed by atoms with Gasteiger partial charge in [-0.3, -0.25) is 15.0 Å². The summed E-state index contributed by atoms with van der Waals surface area (Å²) in [5.41, 5.74) is 3.78. The van der Waals surface area contributed by atoms with E-state index in [9.17, 15) is 4.79 Å². The SMILES string of the molecule is CNC1S/C(=C\c2ccc(OCCO)c(Cl)c2)C(=O)N1c1cccc(C)c1C. The maximum atomic E-state index is 13.1. The van der Waals surface area contributed by atoms with E-state index in [1.807, 2.05) is 51.2 Å². The maximum absolute atomic E-state index is 13.1. The highest BCUT2D eigenvalue weighted by Crippen LogP contribution is 2.40. The van der Waals surface area contributed by atoms with Gasteiger partial charge < -0.3 is 9.84 Å². The predicted octanol–water partition coefficient (Wildman–Crippen LogP) is 3.95. The molecule has 1 amide bonds. The lowest BCUT2D eigenvalue weighted by molar-refractivity contribution is -0.114. The van der Waals surface area contributed by atoms with Crippen LogP contribution in [0.2, 0.25) is 5.02 Å². The number of anilines is 1. The Morgan fingerprint density at radius 3 is 2.79 bits per heavy atom. The molecule has 2 aromatic carbocycles. The number of aliphatic hydroxyl groups excluding tert-OH is 1. The third kappa shape index (κ3) is 4.20. The fourth-order valence-corrected chi connectivity index (χ4v) is 4.32. The molecular weight excluding hydrogens is 396 g/mol. The zero-order valence-electron chi connectivity index (χ0n) is 16.0. The minimum atomic E-state index is -0.179. The number of aliphatic hydroxyl groups is 1. The van der Waals surface area contributed by atoms with E-state index < -0.39 is 0 Å². The van der Waals surface area contributed by atoms with Crippen LogP contribution in [0.3, 0.4) is 0 Å². The summed E-state index contributed by atoms with van der Waals surface area (Å²) >= 11 is 7.73. The van der Waals surface area contributed by atoms with Crippen LogP contribution in [0.4, 0.5) is 5.69 Å². The minimum Gasteiger partial charge on any atom is -0.490 e. The molecule has 1 aliphatic heterocycles. The highest BCUT2D eigenvalue weighted by Gasteiger charge is 2.37. The minimum absolute atomic E-state index is 0.0465. The van der Waals surface area contributed by atoms with Gasteiger partial charge in [0.25, 0.3) is 5.91 Å². The van der Waals surface area contributed by atoms with E-state index in [-0.39, 0.29) is 24.6 Å². The maximum Gasteiger partial charge on any atom is 0.266 e. The van der Waals surface area contributed by atoms with Gasteiger partial charge in [-0.2, -0.15) is 0 Å². The van der Waals surface area contributed by atoms with E-state index in [1.165, 1.54) is 11.8 Å². The van der Waals surface area contributed by atoms with Crippen molar-refractivity contribution in [3.63, 3.8) is 0 Å². The Morgan fingerprint density at radius 1 is 1.32 bits per heavy atom. The van der Waals surface area contributed by atoms with Gasteiger partial charge in [0, 0.05) is 5.69 Å². The molecule has 1 saturated heterocycles. The molecule has 3 rings (SSSR count). The fraction of sp³-hybridized carbons (Fsp3) is 0.286. The first-order chi connectivity index (χ1) is 13.5. The van der Waals surface area contributed by atoms with Crippen LogP contribution in [0.1, 0.15) is 16.7 Å². The van der Waals surface area contributed by atoms with Crippen molar-refractivity contribution in [3.8, 4) is 5.75 Å².